The van der Waals surface area contributed by atoms with Crippen LogP contribution in [0.5, 0.6) is 11.5 Å². The fourth-order valence-electron chi connectivity index (χ4n) is 4.54. The minimum Gasteiger partial charge on any atom is -0.427 e. The molecule has 0 saturated carbocycles. The van der Waals surface area contributed by atoms with Gasteiger partial charge in [-0.15, -0.1) is 0 Å². The van der Waals surface area contributed by atoms with Crippen molar-refractivity contribution in [3.63, 3.8) is 0 Å². The van der Waals surface area contributed by atoms with Crippen LogP contribution in [0.15, 0.2) is 48.5 Å². The van der Waals surface area contributed by atoms with Gasteiger partial charge in [0, 0.05) is 27.9 Å². The van der Waals surface area contributed by atoms with Crippen LogP contribution in [0.2, 0.25) is 0 Å². The first-order valence-corrected chi connectivity index (χ1v) is 10.6. The molecule has 2 spiro atoms. The molecule has 3 fully saturated rings. The molecule has 3 aliphatic heterocycles. The Bertz CT molecular complexity index is 1110. The number of epoxide rings is 2. The predicted octanol–water partition coefficient (Wildman–Crippen LogP) is 1.70. The molecular formula is C24H22N2O8. The first-order valence-electron chi connectivity index (χ1n) is 10.6. The van der Waals surface area contributed by atoms with E-state index in [-0.39, 0.29) is 0 Å². The molecule has 5 rings (SSSR count). The van der Waals surface area contributed by atoms with Gasteiger partial charge in [-0.2, -0.15) is 0 Å². The van der Waals surface area contributed by atoms with Crippen LogP contribution in [0.25, 0.3) is 0 Å². The zero-order valence-electron chi connectivity index (χ0n) is 18.9. The van der Waals surface area contributed by atoms with Crippen LogP contribution in [0.4, 0.5) is 0 Å². The van der Waals surface area contributed by atoms with Gasteiger partial charge in [0.15, 0.2) is 0 Å². The molecule has 0 radical (unpaired) electrons. The number of hydrogen-bond donors (Lipinski definition) is 0. The molecule has 0 N–H and O–H groups in total. The largest absolute Gasteiger partial charge is 0.427 e. The maximum Gasteiger partial charge on any atom is 0.308 e. The highest BCUT2D eigenvalue weighted by Crippen LogP contribution is 2.62. The first kappa shape index (κ1) is 22.1. The van der Waals surface area contributed by atoms with Crippen molar-refractivity contribution in [1.29, 1.82) is 0 Å². The quantitative estimate of drug-likeness (QED) is 0.380. The number of amides is 2. The minimum absolute atomic E-state index is 0.371. The van der Waals surface area contributed by atoms with Gasteiger partial charge in [-0.1, -0.05) is 24.3 Å². The van der Waals surface area contributed by atoms with E-state index in [4.69, 9.17) is 18.9 Å². The molecule has 10 heteroatoms. The van der Waals surface area contributed by atoms with E-state index >= 15 is 0 Å². The molecule has 34 heavy (non-hydrogen) atoms. The Morgan fingerprint density at radius 3 is 1.32 bits per heavy atom. The van der Waals surface area contributed by atoms with E-state index in [1.165, 1.54) is 37.7 Å². The van der Waals surface area contributed by atoms with Gasteiger partial charge in [-0.25, -0.2) is 0 Å². The Balaban J connectivity index is 1.36. The summed E-state index contributed by atoms with van der Waals surface area (Å²) in [5, 5.41) is 0. The lowest BCUT2D eigenvalue weighted by atomic mass is 9.95. The van der Waals surface area contributed by atoms with Crippen LogP contribution < -0.4 is 9.47 Å². The molecule has 2 aromatic carbocycles. The Morgan fingerprint density at radius 1 is 0.706 bits per heavy atom. The van der Waals surface area contributed by atoms with Crippen LogP contribution >= 0.6 is 0 Å². The lowest BCUT2D eigenvalue weighted by Crippen LogP contribution is -2.67. The number of hydrogen-bond acceptors (Lipinski definition) is 8. The molecule has 0 aromatic heterocycles. The summed E-state index contributed by atoms with van der Waals surface area (Å²) in [6.07, 6.45) is -1.33. The van der Waals surface area contributed by atoms with Crippen molar-refractivity contribution in [3.8, 4) is 11.5 Å². The standard InChI is InChI=1S/C24H22N2O8/c1-13(27)31-17-9-5-15(6-10-17)19-23(33-19)21(29)26(4)24(22(30)25(23)3)20(34-24)16-7-11-18(12-8-16)32-14(2)28/h5-12,19-20H,1-4H3/t19-,20+,23-,24-/m0/s1. The third-order valence-corrected chi connectivity index (χ3v) is 6.30. The van der Waals surface area contributed by atoms with Gasteiger partial charge in [0.2, 0.25) is 0 Å². The molecule has 0 aliphatic carbocycles. The molecular weight excluding hydrogens is 444 g/mol. The zero-order chi connectivity index (χ0) is 24.4. The summed E-state index contributed by atoms with van der Waals surface area (Å²) in [6, 6.07) is 13.2. The summed E-state index contributed by atoms with van der Waals surface area (Å²) < 4.78 is 21.7. The van der Waals surface area contributed by atoms with E-state index in [2.05, 4.69) is 0 Å². The van der Waals surface area contributed by atoms with Crippen LogP contribution in [0, 0.1) is 0 Å². The van der Waals surface area contributed by atoms with E-state index < -0.39 is 47.4 Å². The minimum atomic E-state index is -1.46. The van der Waals surface area contributed by atoms with Crippen LogP contribution in [0.3, 0.4) is 0 Å². The monoisotopic (exact) mass is 466 g/mol. The van der Waals surface area contributed by atoms with E-state index in [0.29, 0.717) is 22.6 Å². The molecule has 0 bridgehead atoms. The number of ether oxygens (including phenoxy) is 4. The van der Waals surface area contributed by atoms with Gasteiger partial charge < -0.3 is 28.7 Å². The van der Waals surface area contributed by atoms with E-state index in [1.54, 1.807) is 48.5 Å². The van der Waals surface area contributed by atoms with Crippen molar-refractivity contribution >= 4 is 23.8 Å². The molecule has 2 aromatic rings. The summed E-state index contributed by atoms with van der Waals surface area (Å²) in [5.74, 6) is -0.936. The maximum atomic E-state index is 13.5. The molecule has 3 saturated heterocycles. The second kappa shape index (κ2) is 7.37. The second-order valence-corrected chi connectivity index (χ2v) is 8.44. The number of benzene rings is 2. The summed E-state index contributed by atoms with van der Waals surface area (Å²) in [6.45, 7) is 2.61. The molecule has 0 unspecified atom stereocenters. The Hall–Kier alpha value is -3.76. The molecule has 3 heterocycles. The smallest absolute Gasteiger partial charge is 0.308 e. The molecule has 10 nitrogen and oxygen atoms in total. The maximum absolute atomic E-state index is 13.5. The highest BCUT2D eigenvalue weighted by molar-refractivity contribution is 6.04. The number of nitrogens with zero attached hydrogens (tertiary/aromatic N) is 2. The third-order valence-electron chi connectivity index (χ3n) is 6.30. The van der Waals surface area contributed by atoms with Crippen LogP contribution in [0.1, 0.15) is 37.2 Å². The summed E-state index contributed by atoms with van der Waals surface area (Å²) in [5.41, 5.74) is -1.59. The van der Waals surface area contributed by atoms with Gasteiger partial charge in [-0.3, -0.25) is 19.2 Å². The number of likely N-dealkylation sites (N-methyl/N-ethyl adjacent to an activating group) is 2. The van der Waals surface area contributed by atoms with Gasteiger partial charge in [-0.05, 0) is 35.4 Å². The normalized spacial score (nSPS) is 29.4. The van der Waals surface area contributed by atoms with E-state index in [0.717, 1.165) is 0 Å². The van der Waals surface area contributed by atoms with Gasteiger partial charge >= 0.3 is 11.9 Å². The highest BCUT2D eigenvalue weighted by Gasteiger charge is 2.81. The van der Waals surface area contributed by atoms with E-state index in [9.17, 15) is 19.2 Å². The fraction of sp³-hybridized carbons (Fsp3) is 0.333. The fourth-order valence-corrected chi connectivity index (χ4v) is 4.54. The third kappa shape index (κ3) is 3.10. The first-order chi connectivity index (χ1) is 16.1. The molecule has 4 atom stereocenters. The molecule has 2 amide bonds. The second-order valence-electron chi connectivity index (χ2n) is 8.44. The van der Waals surface area contributed by atoms with Crippen LogP contribution in [-0.2, 0) is 28.7 Å². The number of carbonyl (C=O) groups is 4. The number of rotatable bonds is 4. The number of carbonyl (C=O) groups excluding carboxylic acids is 4. The summed E-state index contributed by atoms with van der Waals surface area (Å²) in [7, 11) is 3.04. The van der Waals surface area contributed by atoms with E-state index in [1.807, 2.05) is 0 Å². The summed E-state index contributed by atoms with van der Waals surface area (Å²) >= 11 is 0. The Kier molecular flexibility index (Phi) is 4.78. The van der Waals surface area contributed by atoms with Gasteiger partial charge in [0.05, 0.1) is 0 Å². The van der Waals surface area contributed by atoms with Crippen molar-refractivity contribution in [2.75, 3.05) is 14.1 Å². The molecule has 176 valence electrons. The lowest BCUT2D eigenvalue weighted by Gasteiger charge is -2.39. The van der Waals surface area contributed by atoms with Crippen molar-refractivity contribution in [1.82, 2.24) is 9.80 Å². The predicted molar refractivity (Wildman–Crippen MR) is 114 cm³/mol. The Labute approximate surface area is 194 Å². The molecule has 3 aliphatic rings. The highest BCUT2D eigenvalue weighted by atomic mass is 16.7. The Morgan fingerprint density at radius 2 is 1.03 bits per heavy atom. The average Bonchev–Trinajstić information content (AvgIpc) is 3.70. The number of piperazine rings is 1. The lowest BCUT2D eigenvalue weighted by molar-refractivity contribution is -0.175. The zero-order valence-corrected chi connectivity index (χ0v) is 18.9. The van der Waals surface area contributed by atoms with Gasteiger partial charge in [0.1, 0.15) is 23.7 Å². The van der Waals surface area contributed by atoms with Gasteiger partial charge in [0.25, 0.3) is 23.3 Å². The van der Waals surface area contributed by atoms with Crippen molar-refractivity contribution < 1.29 is 38.1 Å². The summed E-state index contributed by atoms with van der Waals surface area (Å²) in [4.78, 5) is 51.8. The van der Waals surface area contributed by atoms with Crippen LogP contribution in [-0.4, -0.2) is 59.1 Å². The average molecular weight is 466 g/mol. The SMILES string of the molecule is CC(=O)Oc1ccc([C@H]2O[C@]23C(=O)N(C)[C@@]2(O[C@H]2c2ccc(OC(C)=O)cc2)C(=O)N3C)cc1. The number of esters is 2. The van der Waals surface area contributed by atoms with Crippen molar-refractivity contribution in [3.05, 3.63) is 59.7 Å². The van der Waals surface area contributed by atoms with Crippen molar-refractivity contribution in [2.24, 2.45) is 0 Å². The topological polar surface area (TPSA) is 118 Å². The van der Waals surface area contributed by atoms with Crippen molar-refractivity contribution in [2.45, 2.75) is 37.5 Å².